The summed E-state index contributed by atoms with van der Waals surface area (Å²) in [6, 6.07) is 12.1. The van der Waals surface area contributed by atoms with Crippen LogP contribution in [0, 0.1) is 0 Å². The van der Waals surface area contributed by atoms with Gasteiger partial charge in [0.1, 0.15) is 5.75 Å². The molecule has 2 rings (SSSR count). The number of benzene rings is 2. The van der Waals surface area contributed by atoms with Crippen molar-refractivity contribution in [3.8, 4) is 5.75 Å². The Labute approximate surface area is 154 Å². The minimum absolute atomic E-state index is 0.0950. The zero-order valence-corrected chi connectivity index (χ0v) is 14.8. The largest absolute Gasteiger partial charge is 0.484 e. The summed E-state index contributed by atoms with van der Waals surface area (Å²) in [6.07, 6.45) is -4.40. The molecule has 2 aromatic rings. The number of carbonyl (C=O) groups is 2. The normalized spacial score (nSPS) is 12.2. The van der Waals surface area contributed by atoms with Crippen LogP contribution < -0.4 is 15.4 Å². The second-order valence-corrected chi connectivity index (χ2v) is 5.93. The van der Waals surface area contributed by atoms with Gasteiger partial charge in [0, 0.05) is 18.2 Å². The first kappa shape index (κ1) is 20.3. The molecule has 1 atom stereocenters. The minimum atomic E-state index is -4.40. The summed E-state index contributed by atoms with van der Waals surface area (Å²) < 4.78 is 41.1. The van der Waals surface area contributed by atoms with Gasteiger partial charge in [0.25, 0.3) is 5.91 Å². The number of hydrogen-bond donors (Lipinski definition) is 2. The van der Waals surface area contributed by atoms with Gasteiger partial charge in [0.15, 0.2) is 6.61 Å². The van der Waals surface area contributed by atoms with E-state index >= 15 is 0 Å². The average molecular weight is 380 g/mol. The third kappa shape index (κ3) is 6.65. The first-order chi connectivity index (χ1) is 12.6. The first-order valence-corrected chi connectivity index (χ1v) is 8.12. The topological polar surface area (TPSA) is 67.4 Å². The fourth-order valence-corrected chi connectivity index (χ4v) is 2.32. The van der Waals surface area contributed by atoms with Gasteiger partial charge in [0.05, 0.1) is 6.04 Å². The Morgan fingerprint density at radius 3 is 2.37 bits per heavy atom. The Morgan fingerprint density at radius 1 is 1.11 bits per heavy atom. The Morgan fingerprint density at radius 2 is 1.78 bits per heavy atom. The van der Waals surface area contributed by atoms with Crippen LogP contribution in [-0.2, 0) is 4.79 Å². The summed E-state index contributed by atoms with van der Waals surface area (Å²) >= 11 is 0. The molecule has 5 nitrogen and oxygen atoms in total. The van der Waals surface area contributed by atoms with Crippen LogP contribution in [0.5, 0.6) is 5.75 Å². The number of halogens is 3. The van der Waals surface area contributed by atoms with E-state index in [0.717, 1.165) is 0 Å². The predicted molar refractivity (Wildman–Crippen MR) is 94.6 cm³/mol. The molecule has 0 spiro atoms. The molecule has 0 aliphatic rings. The second kappa shape index (κ2) is 8.57. The molecule has 0 saturated heterocycles. The van der Waals surface area contributed by atoms with E-state index in [1.807, 2.05) is 0 Å². The predicted octanol–water partition coefficient (Wildman–Crippen LogP) is 4.08. The third-order valence-corrected chi connectivity index (χ3v) is 3.58. The minimum Gasteiger partial charge on any atom is -0.484 e. The van der Waals surface area contributed by atoms with Gasteiger partial charge in [-0.05, 0) is 42.8 Å². The van der Waals surface area contributed by atoms with Gasteiger partial charge in [-0.25, -0.2) is 0 Å². The van der Waals surface area contributed by atoms with Gasteiger partial charge < -0.3 is 15.4 Å². The van der Waals surface area contributed by atoms with E-state index < -0.39 is 12.8 Å². The molecule has 0 fully saturated rings. The molecule has 27 heavy (non-hydrogen) atoms. The Kier molecular flexibility index (Phi) is 6.44. The van der Waals surface area contributed by atoms with Crippen LogP contribution in [0.2, 0.25) is 0 Å². The fraction of sp³-hybridized carbons (Fsp3) is 0.263. The molecule has 0 aliphatic carbocycles. The highest BCUT2D eigenvalue weighted by Gasteiger charge is 2.28. The maximum absolute atomic E-state index is 12.4. The Bertz CT molecular complexity index is 805. The molecule has 0 aromatic heterocycles. The highest BCUT2D eigenvalue weighted by atomic mass is 19.4. The first-order valence-electron chi connectivity index (χ1n) is 8.12. The number of ether oxygens (including phenoxy) is 1. The van der Waals surface area contributed by atoms with Crippen LogP contribution in [0.15, 0.2) is 48.5 Å². The Hall–Kier alpha value is -3.03. The van der Waals surface area contributed by atoms with Crippen molar-refractivity contribution in [1.29, 1.82) is 0 Å². The molecule has 0 radical (unpaired) electrons. The van der Waals surface area contributed by atoms with E-state index in [1.54, 1.807) is 43.3 Å². The lowest BCUT2D eigenvalue weighted by Crippen LogP contribution is -2.26. The van der Waals surface area contributed by atoms with Crippen LogP contribution >= 0.6 is 0 Å². The SMILES string of the molecule is CC(=O)Nc1cccc(C(=O)NC(C)c2ccc(OCC(F)(F)F)cc2)c1. The molecule has 144 valence electrons. The summed E-state index contributed by atoms with van der Waals surface area (Å²) in [4.78, 5) is 23.5. The maximum Gasteiger partial charge on any atom is 0.422 e. The molecule has 8 heteroatoms. The van der Waals surface area contributed by atoms with E-state index in [4.69, 9.17) is 0 Å². The van der Waals surface area contributed by atoms with Crippen molar-refractivity contribution in [3.05, 3.63) is 59.7 Å². The summed E-state index contributed by atoms with van der Waals surface area (Å²) in [5, 5.41) is 5.40. The van der Waals surface area contributed by atoms with Crippen LogP contribution in [0.4, 0.5) is 18.9 Å². The average Bonchev–Trinajstić information content (AvgIpc) is 2.59. The van der Waals surface area contributed by atoms with Crippen LogP contribution in [0.1, 0.15) is 35.8 Å². The highest BCUT2D eigenvalue weighted by Crippen LogP contribution is 2.21. The number of amides is 2. The molecular formula is C19H19F3N2O3. The van der Waals surface area contributed by atoms with Crippen molar-refractivity contribution in [3.63, 3.8) is 0 Å². The number of nitrogens with one attached hydrogen (secondary N) is 2. The quantitative estimate of drug-likeness (QED) is 0.794. The van der Waals surface area contributed by atoms with Crippen LogP contribution in [0.25, 0.3) is 0 Å². The second-order valence-electron chi connectivity index (χ2n) is 5.93. The molecular weight excluding hydrogens is 361 g/mol. The third-order valence-electron chi connectivity index (χ3n) is 3.58. The zero-order valence-electron chi connectivity index (χ0n) is 14.8. The number of carbonyl (C=O) groups excluding carboxylic acids is 2. The molecule has 2 N–H and O–H groups in total. The lowest BCUT2D eigenvalue weighted by atomic mass is 10.1. The zero-order chi connectivity index (χ0) is 20.0. The lowest BCUT2D eigenvalue weighted by Gasteiger charge is -2.16. The summed E-state index contributed by atoms with van der Waals surface area (Å²) in [5.41, 5.74) is 1.59. The van der Waals surface area contributed by atoms with Gasteiger partial charge in [-0.1, -0.05) is 18.2 Å². The number of alkyl halides is 3. The Balaban J connectivity index is 1.99. The molecule has 1 unspecified atom stereocenters. The van der Waals surface area contributed by atoms with Crippen LogP contribution in [-0.4, -0.2) is 24.6 Å². The lowest BCUT2D eigenvalue weighted by molar-refractivity contribution is -0.153. The van der Waals surface area contributed by atoms with Crippen molar-refractivity contribution in [2.75, 3.05) is 11.9 Å². The summed E-state index contributed by atoms with van der Waals surface area (Å²) in [5.74, 6) is -0.488. The standard InChI is InChI=1S/C19H19F3N2O3/c1-12(14-6-8-17(9-7-14)27-11-19(20,21)22)23-18(26)15-4-3-5-16(10-15)24-13(2)25/h3-10,12H,11H2,1-2H3,(H,23,26)(H,24,25). The summed E-state index contributed by atoms with van der Waals surface area (Å²) in [6.45, 7) is 1.77. The number of hydrogen-bond acceptors (Lipinski definition) is 3. The van der Waals surface area contributed by atoms with E-state index in [1.165, 1.54) is 19.1 Å². The van der Waals surface area contributed by atoms with Crippen molar-refractivity contribution in [1.82, 2.24) is 5.32 Å². The monoisotopic (exact) mass is 380 g/mol. The van der Waals surface area contributed by atoms with Crippen molar-refractivity contribution in [2.24, 2.45) is 0 Å². The molecule has 2 aromatic carbocycles. The van der Waals surface area contributed by atoms with E-state index in [0.29, 0.717) is 16.8 Å². The molecule has 0 bridgehead atoms. The molecule has 0 saturated carbocycles. The van der Waals surface area contributed by atoms with Gasteiger partial charge in [-0.2, -0.15) is 13.2 Å². The van der Waals surface area contributed by atoms with Gasteiger partial charge in [0.2, 0.25) is 5.91 Å². The van der Waals surface area contributed by atoms with Crippen molar-refractivity contribution in [2.45, 2.75) is 26.1 Å². The maximum atomic E-state index is 12.4. The van der Waals surface area contributed by atoms with Crippen molar-refractivity contribution < 1.29 is 27.5 Å². The fourth-order valence-electron chi connectivity index (χ4n) is 2.32. The molecule has 2 amide bonds. The van der Waals surface area contributed by atoms with Gasteiger partial charge >= 0.3 is 6.18 Å². The summed E-state index contributed by atoms with van der Waals surface area (Å²) in [7, 11) is 0. The van der Waals surface area contributed by atoms with E-state index in [9.17, 15) is 22.8 Å². The molecule has 0 heterocycles. The van der Waals surface area contributed by atoms with Crippen LogP contribution in [0.3, 0.4) is 0 Å². The van der Waals surface area contributed by atoms with Gasteiger partial charge in [-0.3, -0.25) is 9.59 Å². The number of anilines is 1. The molecule has 0 aliphatic heterocycles. The van der Waals surface area contributed by atoms with E-state index in [-0.39, 0.29) is 23.6 Å². The van der Waals surface area contributed by atoms with E-state index in [2.05, 4.69) is 15.4 Å². The van der Waals surface area contributed by atoms with Gasteiger partial charge in [-0.15, -0.1) is 0 Å². The highest BCUT2D eigenvalue weighted by molar-refractivity contribution is 5.97. The smallest absolute Gasteiger partial charge is 0.422 e. The van der Waals surface area contributed by atoms with Crippen molar-refractivity contribution >= 4 is 17.5 Å². The number of rotatable bonds is 6.